The maximum Gasteiger partial charge on any atom is 0.335 e. The second-order valence-corrected chi connectivity index (χ2v) is 4.80. The van der Waals surface area contributed by atoms with Gasteiger partial charge < -0.3 is 14.9 Å². The van der Waals surface area contributed by atoms with Gasteiger partial charge in [0.05, 0.1) is 12.1 Å². The molecule has 0 radical (unpaired) electrons. The number of amides is 1. The third-order valence-electron chi connectivity index (χ3n) is 3.39. The van der Waals surface area contributed by atoms with Crippen molar-refractivity contribution in [1.29, 1.82) is 0 Å². The number of aromatic carboxylic acids is 1. The predicted molar refractivity (Wildman–Crippen MR) is 72.5 cm³/mol. The number of carbonyl (C=O) groups excluding carboxylic acids is 1. The van der Waals surface area contributed by atoms with Crippen molar-refractivity contribution >= 4 is 17.6 Å². The average molecular weight is 262 g/mol. The third-order valence-corrected chi connectivity index (χ3v) is 3.39. The van der Waals surface area contributed by atoms with Crippen molar-refractivity contribution in [2.24, 2.45) is 0 Å². The maximum absolute atomic E-state index is 12.0. The Morgan fingerprint density at radius 1 is 1.21 bits per heavy atom. The van der Waals surface area contributed by atoms with Crippen LogP contribution in [0.1, 0.15) is 23.2 Å². The van der Waals surface area contributed by atoms with Gasteiger partial charge in [0.1, 0.15) is 0 Å². The van der Waals surface area contributed by atoms with Crippen LogP contribution in [0.3, 0.4) is 0 Å². The molecule has 5 nitrogen and oxygen atoms in total. The first-order valence-electron chi connectivity index (χ1n) is 6.40. The lowest BCUT2D eigenvalue weighted by Gasteiger charge is -2.22. The molecule has 1 heterocycles. The molecule has 0 bridgehead atoms. The number of nitrogens with zero attached hydrogens (tertiary/aromatic N) is 2. The van der Waals surface area contributed by atoms with Gasteiger partial charge in [-0.15, -0.1) is 0 Å². The summed E-state index contributed by atoms with van der Waals surface area (Å²) >= 11 is 0. The van der Waals surface area contributed by atoms with Gasteiger partial charge in [0.15, 0.2) is 0 Å². The van der Waals surface area contributed by atoms with Crippen molar-refractivity contribution in [2.75, 3.05) is 31.6 Å². The van der Waals surface area contributed by atoms with Crippen LogP contribution in [0.4, 0.5) is 5.69 Å². The normalized spacial score (nSPS) is 14.5. The Morgan fingerprint density at radius 3 is 2.32 bits per heavy atom. The number of carboxylic acid groups (broad SMARTS) is 1. The molecule has 2 rings (SSSR count). The van der Waals surface area contributed by atoms with Crippen molar-refractivity contribution in [2.45, 2.75) is 12.8 Å². The van der Waals surface area contributed by atoms with Crippen LogP contribution < -0.4 is 4.90 Å². The van der Waals surface area contributed by atoms with Crippen molar-refractivity contribution in [3.8, 4) is 0 Å². The van der Waals surface area contributed by atoms with Crippen LogP contribution in [0.2, 0.25) is 0 Å². The molecule has 1 saturated heterocycles. The lowest BCUT2D eigenvalue weighted by Crippen LogP contribution is -2.37. The van der Waals surface area contributed by atoms with Gasteiger partial charge in [0.2, 0.25) is 5.91 Å². The first kappa shape index (κ1) is 13.4. The van der Waals surface area contributed by atoms with Crippen LogP contribution in [0.15, 0.2) is 24.3 Å². The van der Waals surface area contributed by atoms with Crippen LogP contribution >= 0.6 is 0 Å². The van der Waals surface area contributed by atoms with Crippen molar-refractivity contribution < 1.29 is 14.7 Å². The van der Waals surface area contributed by atoms with Gasteiger partial charge in [-0.3, -0.25) is 4.79 Å². The minimum Gasteiger partial charge on any atom is -0.478 e. The number of hydrogen-bond donors (Lipinski definition) is 1. The molecule has 102 valence electrons. The minimum atomic E-state index is -0.942. The summed E-state index contributed by atoms with van der Waals surface area (Å²) in [6, 6.07) is 6.55. The molecule has 0 aromatic heterocycles. The summed E-state index contributed by atoms with van der Waals surface area (Å²) in [4.78, 5) is 26.5. The smallest absolute Gasteiger partial charge is 0.335 e. The molecule has 19 heavy (non-hydrogen) atoms. The van der Waals surface area contributed by atoms with E-state index in [9.17, 15) is 9.59 Å². The van der Waals surface area contributed by atoms with E-state index in [2.05, 4.69) is 0 Å². The summed E-state index contributed by atoms with van der Waals surface area (Å²) < 4.78 is 0. The molecular weight excluding hydrogens is 244 g/mol. The number of likely N-dealkylation sites (N-methyl/N-ethyl adjacent to an activating group) is 1. The summed E-state index contributed by atoms with van der Waals surface area (Å²) in [6.07, 6.45) is 2.17. The van der Waals surface area contributed by atoms with Crippen LogP contribution in [-0.2, 0) is 4.79 Å². The van der Waals surface area contributed by atoms with E-state index in [1.165, 1.54) is 0 Å². The fourth-order valence-electron chi connectivity index (χ4n) is 2.22. The van der Waals surface area contributed by atoms with E-state index >= 15 is 0 Å². The lowest BCUT2D eigenvalue weighted by molar-refractivity contribution is -0.128. The molecule has 1 aliphatic heterocycles. The molecule has 1 aromatic carbocycles. The number of rotatable bonds is 4. The first-order valence-corrected chi connectivity index (χ1v) is 6.40. The second kappa shape index (κ2) is 5.73. The minimum absolute atomic E-state index is 0.127. The quantitative estimate of drug-likeness (QED) is 0.892. The summed E-state index contributed by atoms with van der Waals surface area (Å²) in [7, 11) is 1.84. The Hall–Kier alpha value is -2.04. The van der Waals surface area contributed by atoms with Gasteiger partial charge >= 0.3 is 5.97 Å². The van der Waals surface area contributed by atoms with E-state index in [1.54, 1.807) is 24.3 Å². The van der Waals surface area contributed by atoms with Gasteiger partial charge in [0.25, 0.3) is 0 Å². The fraction of sp³-hybridized carbons (Fsp3) is 0.429. The average Bonchev–Trinajstić information content (AvgIpc) is 2.92. The number of carbonyl (C=O) groups is 2. The summed E-state index contributed by atoms with van der Waals surface area (Å²) in [6.45, 7) is 2.03. The molecule has 0 saturated carbocycles. The summed E-state index contributed by atoms with van der Waals surface area (Å²) in [5.74, 6) is -0.815. The van der Waals surface area contributed by atoms with Crippen LogP contribution in [0, 0.1) is 0 Å². The van der Waals surface area contributed by atoms with E-state index < -0.39 is 5.97 Å². The zero-order valence-corrected chi connectivity index (χ0v) is 11.0. The Labute approximate surface area is 112 Å². The van der Waals surface area contributed by atoms with Crippen molar-refractivity contribution in [3.63, 3.8) is 0 Å². The monoisotopic (exact) mass is 262 g/mol. The highest BCUT2D eigenvalue weighted by Crippen LogP contribution is 2.15. The first-order chi connectivity index (χ1) is 9.08. The highest BCUT2D eigenvalue weighted by Gasteiger charge is 2.19. The van der Waals surface area contributed by atoms with Crippen LogP contribution in [-0.4, -0.2) is 48.6 Å². The zero-order valence-electron chi connectivity index (χ0n) is 11.0. The van der Waals surface area contributed by atoms with E-state index in [0.717, 1.165) is 31.6 Å². The molecule has 1 fully saturated rings. The number of hydrogen-bond acceptors (Lipinski definition) is 3. The Bertz CT molecular complexity index is 464. The Morgan fingerprint density at radius 2 is 1.79 bits per heavy atom. The van der Waals surface area contributed by atoms with E-state index in [0.29, 0.717) is 6.54 Å². The molecule has 0 unspecified atom stereocenters. The Balaban J connectivity index is 1.97. The molecule has 1 amide bonds. The van der Waals surface area contributed by atoms with Gasteiger partial charge in [0, 0.05) is 25.8 Å². The molecule has 1 N–H and O–H groups in total. The van der Waals surface area contributed by atoms with Gasteiger partial charge in [-0.1, -0.05) is 0 Å². The largest absolute Gasteiger partial charge is 0.478 e. The summed E-state index contributed by atoms with van der Waals surface area (Å²) in [5, 5.41) is 8.83. The fourth-order valence-corrected chi connectivity index (χ4v) is 2.22. The SMILES string of the molecule is CN(CC(=O)N1CCCC1)c1ccc(C(=O)O)cc1. The zero-order chi connectivity index (χ0) is 13.8. The highest BCUT2D eigenvalue weighted by atomic mass is 16.4. The second-order valence-electron chi connectivity index (χ2n) is 4.80. The van der Waals surface area contributed by atoms with Crippen molar-refractivity contribution in [3.05, 3.63) is 29.8 Å². The molecule has 0 aliphatic carbocycles. The summed E-state index contributed by atoms with van der Waals surface area (Å²) in [5.41, 5.74) is 1.10. The van der Waals surface area contributed by atoms with E-state index in [-0.39, 0.29) is 11.5 Å². The Kier molecular flexibility index (Phi) is 4.04. The molecule has 0 atom stereocenters. The highest BCUT2D eigenvalue weighted by molar-refractivity contribution is 5.88. The molecule has 1 aromatic rings. The molecule has 5 heteroatoms. The lowest BCUT2D eigenvalue weighted by atomic mass is 10.2. The van der Waals surface area contributed by atoms with Crippen molar-refractivity contribution in [1.82, 2.24) is 4.90 Å². The van der Waals surface area contributed by atoms with Gasteiger partial charge in [-0.2, -0.15) is 0 Å². The number of benzene rings is 1. The van der Waals surface area contributed by atoms with Crippen LogP contribution in [0.5, 0.6) is 0 Å². The molecular formula is C14H18N2O3. The number of anilines is 1. The van der Waals surface area contributed by atoms with Crippen LogP contribution in [0.25, 0.3) is 0 Å². The van der Waals surface area contributed by atoms with Gasteiger partial charge in [-0.05, 0) is 37.1 Å². The number of carboxylic acids is 1. The molecule has 0 spiro atoms. The van der Waals surface area contributed by atoms with E-state index in [4.69, 9.17) is 5.11 Å². The topological polar surface area (TPSA) is 60.9 Å². The third kappa shape index (κ3) is 3.24. The maximum atomic E-state index is 12.0. The molecule has 1 aliphatic rings. The van der Waals surface area contributed by atoms with Gasteiger partial charge in [-0.25, -0.2) is 4.79 Å². The van der Waals surface area contributed by atoms with E-state index in [1.807, 2.05) is 16.8 Å². The number of likely N-dealkylation sites (tertiary alicyclic amines) is 1. The standard InChI is InChI=1S/C14H18N2O3/c1-15(10-13(17)16-8-2-3-9-16)12-6-4-11(5-7-12)14(18)19/h4-7H,2-3,8-10H2,1H3,(H,18,19). The predicted octanol–water partition coefficient (Wildman–Crippen LogP) is 1.44.